The fourth-order valence-corrected chi connectivity index (χ4v) is 2.43. The lowest BCUT2D eigenvalue weighted by Crippen LogP contribution is -2.15. The Labute approximate surface area is 110 Å². The number of pyridine rings is 1. The first kappa shape index (κ1) is 13.2. The fraction of sp³-hybridized carbons (Fsp3) is 0.667. The standard InChI is InChI=1S/C15H24N2O/c1-2-8-17-14-9-15(11-16-10-14)18-12-13-6-4-3-5-7-13/h9-11,13,17H,2-8,12H2,1H3. The monoisotopic (exact) mass is 248 g/mol. The number of aromatic nitrogens is 1. The van der Waals surface area contributed by atoms with Crippen LogP contribution in [-0.4, -0.2) is 18.1 Å². The van der Waals surface area contributed by atoms with Gasteiger partial charge in [0.15, 0.2) is 0 Å². The number of anilines is 1. The van der Waals surface area contributed by atoms with Crippen LogP contribution in [0.15, 0.2) is 18.5 Å². The maximum atomic E-state index is 5.86. The molecule has 1 N–H and O–H groups in total. The largest absolute Gasteiger partial charge is 0.492 e. The van der Waals surface area contributed by atoms with Gasteiger partial charge in [0, 0.05) is 12.6 Å². The summed E-state index contributed by atoms with van der Waals surface area (Å²) in [5.74, 6) is 1.63. The van der Waals surface area contributed by atoms with E-state index >= 15 is 0 Å². The average Bonchev–Trinajstić information content (AvgIpc) is 2.44. The summed E-state index contributed by atoms with van der Waals surface area (Å²) < 4.78 is 5.86. The van der Waals surface area contributed by atoms with Gasteiger partial charge in [-0.1, -0.05) is 26.2 Å². The highest BCUT2D eigenvalue weighted by atomic mass is 16.5. The van der Waals surface area contributed by atoms with Crippen LogP contribution in [-0.2, 0) is 0 Å². The zero-order valence-corrected chi connectivity index (χ0v) is 11.3. The zero-order chi connectivity index (χ0) is 12.6. The van der Waals surface area contributed by atoms with Crippen molar-refractivity contribution < 1.29 is 4.74 Å². The summed E-state index contributed by atoms with van der Waals surface area (Å²) in [7, 11) is 0. The lowest BCUT2D eigenvalue weighted by molar-refractivity contribution is 0.208. The van der Waals surface area contributed by atoms with Gasteiger partial charge in [-0.05, 0) is 25.2 Å². The minimum Gasteiger partial charge on any atom is -0.492 e. The molecular weight excluding hydrogens is 224 g/mol. The Hall–Kier alpha value is -1.25. The van der Waals surface area contributed by atoms with Crippen molar-refractivity contribution in [3.63, 3.8) is 0 Å². The molecule has 0 radical (unpaired) electrons. The van der Waals surface area contributed by atoms with Crippen LogP contribution in [0.1, 0.15) is 45.4 Å². The van der Waals surface area contributed by atoms with E-state index in [1.807, 2.05) is 12.3 Å². The molecule has 1 fully saturated rings. The molecular formula is C15H24N2O. The predicted octanol–water partition coefficient (Wildman–Crippen LogP) is 3.86. The number of hydrogen-bond acceptors (Lipinski definition) is 3. The molecule has 0 aromatic carbocycles. The van der Waals surface area contributed by atoms with Crippen LogP contribution in [0.3, 0.4) is 0 Å². The van der Waals surface area contributed by atoms with Crippen molar-refractivity contribution in [1.82, 2.24) is 4.98 Å². The number of ether oxygens (including phenoxy) is 1. The molecule has 1 heterocycles. The second kappa shape index (κ2) is 7.24. The summed E-state index contributed by atoms with van der Waals surface area (Å²) in [5.41, 5.74) is 1.05. The topological polar surface area (TPSA) is 34.2 Å². The Kier molecular flexibility index (Phi) is 5.31. The van der Waals surface area contributed by atoms with E-state index in [9.17, 15) is 0 Å². The Balaban J connectivity index is 1.80. The van der Waals surface area contributed by atoms with Crippen LogP contribution >= 0.6 is 0 Å². The average molecular weight is 248 g/mol. The molecule has 0 saturated heterocycles. The summed E-state index contributed by atoms with van der Waals surface area (Å²) in [6, 6.07) is 2.05. The first-order valence-corrected chi connectivity index (χ1v) is 7.20. The van der Waals surface area contributed by atoms with Gasteiger partial charge in [-0.15, -0.1) is 0 Å². The molecule has 0 unspecified atom stereocenters. The Morgan fingerprint density at radius 3 is 2.89 bits per heavy atom. The van der Waals surface area contributed by atoms with Crippen molar-refractivity contribution in [2.45, 2.75) is 45.4 Å². The summed E-state index contributed by atoms with van der Waals surface area (Å²) >= 11 is 0. The normalized spacial score (nSPS) is 16.5. The van der Waals surface area contributed by atoms with E-state index in [-0.39, 0.29) is 0 Å². The molecule has 0 bridgehead atoms. The van der Waals surface area contributed by atoms with Gasteiger partial charge in [-0.25, -0.2) is 0 Å². The SMILES string of the molecule is CCCNc1cncc(OCC2CCCCC2)c1. The van der Waals surface area contributed by atoms with Crippen molar-refractivity contribution in [3.05, 3.63) is 18.5 Å². The smallest absolute Gasteiger partial charge is 0.139 e. The van der Waals surface area contributed by atoms with Crippen molar-refractivity contribution in [2.24, 2.45) is 5.92 Å². The van der Waals surface area contributed by atoms with E-state index in [1.165, 1.54) is 32.1 Å². The third-order valence-electron chi connectivity index (χ3n) is 3.50. The van der Waals surface area contributed by atoms with Gasteiger partial charge in [0.25, 0.3) is 0 Å². The van der Waals surface area contributed by atoms with Crippen LogP contribution in [0, 0.1) is 5.92 Å². The first-order chi connectivity index (χ1) is 8.88. The van der Waals surface area contributed by atoms with Crippen molar-refractivity contribution in [2.75, 3.05) is 18.5 Å². The Morgan fingerprint density at radius 2 is 2.11 bits per heavy atom. The summed E-state index contributed by atoms with van der Waals surface area (Å²) in [5, 5.41) is 3.33. The van der Waals surface area contributed by atoms with E-state index in [1.54, 1.807) is 6.20 Å². The maximum Gasteiger partial charge on any atom is 0.139 e. The van der Waals surface area contributed by atoms with E-state index in [0.29, 0.717) is 0 Å². The first-order valence-electron chi connectivity index (χ1n) is 7.20. The number of nitrogens with one attached hydrogen (secondary N) is 1. The number of hydrogen-bond donors (Lipinski definition) is 1. The van der Waals surface area contributed by atoms with Gasteiger partial charge in [-0.3, -0.25) is 4.98 Å². The van der Waals surface area contributed by atoms with Gasteiger partial charge < -0.3 is 10.1 Å². The van der Waals surface area contributed by atoms with Gasteiger partial charge >= 0.3 is 0 Å². The lowest BCUT2D eigenvalue weighted by Gasteiger charge is -2.21. The molecule has 1 aliphatic carbocycles. The zero-order valence-electron chi connectivity index (χ0n) is 11.3. The molecule has 1 saturated carbocycles. The van der Waals surface area contributed by atoms with Crippen LogP contribution in [0.5, 0.6) is 5.75 Å². The molecule has 100 valence electrons. The molecule has 3 nitrogen and oxygen atoms in total. The lowest BCUT2D eigenvalue weighted by atomic mass is 9.90. The summed E-state index contributed by atoms with van der Waals surface area (Å²) in [6.07, 6.45) is 11.5. The van der Waals surface area contributed by atoms with Crippen molar-refractivity contribution in [1.29, 1.82) is 0 Å². The van der Waals surface area contributed by atoms with E-state index < -0.39 is 0 Å². The van der Waals surface area contributed by atoms with Crippen molar-refractivity contribution in [3.8, 4) is 5.75 Å². The highest BCUT2D eigenvalue weighted by molar-refractivity contribution is 5.44. The van der Waals surface area contributed by atoms with E-state index in [4.69, 9.17) is 4.74 Å². The van der Waals surface area contributed by atoms with Crippen LogP contribution in [0.25, 0.3) is 0 Å². The minimum absolute atomic E-state index is 0.742. The highest BCUT2D eigenvalue weighted by Crippen LogP contribution is 2.25. The van der Waals surface area contributed by atoms with E-state index in [0.717, 1.165) is 36.9 Å². The molecule has 0 atom stereocenters. The number of nitrogens with zero attached hydrogens (tertiary/aromatic N) is 1. The predicted molar refractivity (Wildman–Crippen MR) is 75.1 cm³/mol. The maximum absolute atomic E-state index is 5.86. The summed E-state index contributed by atoms with van der Waals surface area (Å²) in [4.78, 5) is 4.21. The van der Waals surface area contributed by atoms with Gasteiger partial charge in [0.2, 0.25) is 0 Å². The van der Waals surface area contributed by atoms with Crippen molar-refractivity contribution >= 4 is 5.69 Å². The molecule has 2 rings (SSSR count). The third kappa shape index (κ3) is 4.21. The molecule has 0 aliphatic heterocycles. The molecule has 3 heteroatoms. The van der Waals surface area contributed by atoms with Crippen LogP contribution in [0.2, 0.25) is 0 Å². The molecule has 18 heavy (non-hydrogen) atoms. The fourth-order valence-electron chi connectivity index (χ4n) is 2.43. The second-order valence-electron chi connectivity index (χ2n) is 5.15. The molecule has 1 aromatic rings. The van der Waals surface area contributed by atoms with Crippen LogP contribution in [0.4, 0.5) is 5.69 Å². The van der Waals surface area contributed by atoms with E-state index in [2.05, 4.69) is 17.2 Å². The number of rotatable bonds is 6. The molecule has 1 aromatic heterocycles. The second-order valence-corrected chi connectivity index (χ2v) is 5.15. The Morgan fingerprint density at radius 1 is 1.28 bits per heavy atom. The quantitative estimate of drug-likeness (QED) is 0.830. The van der Waals surface area contributed by atoms with Gasteiger partial charge in [0.05, 0.1) is 24.7 Å². The minimum atomic E-state index is 0.742. The molecule has 1 aliphatic rings. The van der Waals surface area contributed by atoms with Gasteiger partial charge in [-0.2, -0.15) is 0 Å². The van der Waals surface area contributed by atoms with Crippen LogP contribution < -0.4 is 10.1 Å². The third-order valence-corrected chi connectivity index (χ3v) is 3.50. The molecule has 0 amide bonds. The molecule has 0 spiro atoms. The Bertz CT molecular complexity index is 348. The summed E-state index contributed by atoms with van der Waals surface area (Å²) in [6.45, 7) is 3.98. The van der Waals surface area contributed by atoms with Gasteiger partial charge in [0.1, 0.15) is 5.75 Å². The highest BCUT2D eigenvalue weighted by Gasteiger charge is 2.13.